The van der Waals surface area contributed by atoms with Crippen molar-refractivity contribution in [3.8, 4) is 0 Å². The minimum Gasteiger partial charge on any atom is -0.341 e. The van der Waals surface area contributed by atoms with Gasteiger partial charge >= 0.3 is 0 Å². The average Bonchev–Trinajstić information content (AvgIpc) is 2.53. The first-order valence-electron chi connectivity index (χ1n) is 5.24. The molecule has 2 aliphatic rings. The van der Waals surface area contributed by atoms with Crippen LogP contribution in [-0.4, -0.2) is 17.5 Å². The van der Waals surface area contributed by atoms with E-state index >= 15 is 0 Å². The molecule has 2 saturated heterocycles. The van der Waals surface area contributed by atoms with E-state index in [2.05, 4.69) is 6.58 Å². The van der Waals surface area contributed by atoms with Gasteiger partial charge in [-0.1, -0.05) is 6.08 Å². The van der Waals surface area contributed by atoms with Gasteiger partial charge in [0.25, 0.3) is 0 Å². The number of hydrogen-bond acceptors (Lipinski definition) is 3. The second kappa shape index (κ2) is 3.33. The minimum absolute atomic E-state index is 0.168. The van der Waals surface area contributed by atoms with Gasteiger partial charge in [-0.2, -0.15) is 0 Å². The van der Waals surface area contributed by atoms with Crippen molar-refractivity contribution in [3.05, 3.63) is 12.7 Å². The molecule has 0 unspecified atom stereocenters. The fraction of sp³-hybridized carbons (Fsp3) is 0.818. The van der Waals surface area contributed by atoms with Gasteiger partial charge in [-0.3, -0.25) is 0 Å². The molecule has 0 aromatic heterocycles. The topological polar surface area (TPSA) is 27.7 Å². The molecule has 2 atom stereocenters. The molecule has 0 N–H and O–H groups in total. The molecule has 2 fully saturated rings. The summed E-state index contributed by atoms with van der Waals surface area (Å²) in [5.74, 6) is -0.492. The fourth-order valence-electron chi connectivity index (χ4n) is 2.06. The predicted molar refractivity (Wildman–Crippen MR) is 52.5 cm³/mol. The summed E-state index contributed by atoms with van der Waals surface area (Å²) < 4.78 is 5.91. The van der Waals surface area contributed by atoms with E-state index in [1.165, 1.54) is 0 Å². The molecule has 80 valence electrons. The smallest absolute Gasteiger partial charge is 0.202 e. The first-order chi connectivity index (χ1) is 6.58. The molecule has 3 nitrogen and oxygen atoms in total. The Morgan fingerprint density at radius 2 is 2.21 bits per heavy atom. The summed E-state index contributed by atoms with van der Waals surface area (Å²) in [6, 6.07) is 0. The summed E-state index contributed by atoms with van der Waals surface area (Å²) in [6.07, 6.45) is 5.73. The maximum Gasteiger partial charge on any atom is 0.202 e. The number of rotatable bonds is 3. The van der Waals surface area contributed by atoms with Crippen LogP contribution in [0, 0.1) is 0 Å². The van der Waals surface area contributed by atoms with Crippen molar-refractivity contribution in [2.24, 2.45) is 0 Å². The first-order valence-corrected chi connectivity index (χ1v) is 5.24. The molecule has 14 heavy (non-hydrogen) atoms. The van der Waals surface area contributed by atoms with E-state index in [0.29, 0.717) is 0 Å². The fourth-order valence-corrected chi connectivity index (χ4v) is 2.06. The monoisotopic (exact) mass is 198 g/mol. The van der Waals surface area contributed by atoms with Gasteiger partial charge in [-0.25, -0.2) is 9.78 Å². The summed E-state index contributed by atoms with van der Waals surface area (Å²) in [5, 5.41) is 0. The highest BCUT2D eigenvalue weighted by atomic mass is 17.3. The largest absolute Gasteiger partial charge is 0.341 e. The number of fused-ring (bicyclic) bond motifs is 2. The third kappa shape index (κ3) is 1.60. The molecule has 0 aromatic rings. The van der Waals surface area contributed by atoms with Crippen molar-refractivity contribution in [1.29, 1.82) is 0 Å². The van der Waals surface area contributed by atoms with Crippen molar-refractivity contribution < 1.29 is 14.5 Å². The predicted octanol–water partition coefficient (Wildman–Crippen LogP) is 2.57. The van der Waals surface area contributed by atoms with Gasteiger partial charge in [0.15, 0.2) is 0 Å². The van der Waals surface area contributed by atoms with Gasteiger partial charge in [0, 0.05) is 12.8 Å². The normalized spacial score (nSPS) is 39.7. The van der Waals surface area contributed by atoms with Gasteiger partial charge in [0.1, 0.15) is 5.60 Å². The summed E-state index contributed by atoms with van der Waals surface area (Å²) >= 11 is 0. The van der Waals surface area contributed by atoms with Crippen molar-refractivity contribution in [3.63, 3.8) is 0 Å². The quantitative estimate of drug-likeness (QED) is 0.515. The Balaban J connectivity index is 2.03. The van der Waals surface area contributed by atoms with Crippen molar-refractivity contribution in [2.45, 2.75) is 57.0 Å². The lowest BCUT2D eigenvalue weighted by molar-refractivity contribution is -0.506. The van der Waals surface area contributed by atoms with E-state index in [9.17, 15) is 0 Å². The lowest BCUT2D eigenvalue weighted by Gasteiger charge is -2.40. The molecular weight excluding hydrogens is 180 g/mol. The molecule has 2 heterocycles. The van der Waals surface area contributed by atoms with Crippen LogP contribution in [0.5, 0.6) is 0 Å². The van der Waals surface area contributed by atoms with Gasteiger partial charge in [0.2, 0.25) is 5.79 Å². The summed E-state index contributed by atoms with van der Waals surface area (Å²) in [6.45, 7) is 7.70. The Morgan fingerprint density at radius 1 is 1.43 bits per heavy atom. The van der Waals surface area contributed by atoms with Crippen LogP contribution in [0.4, 0.5) is 0 Å². The average molecular weight is 198 g/mol. The van der Waals surface area contributed by atoms with Crippen LogP contribution in [0.25, 0.3) is 0 Å². The lowest BCUT2D eigenvalue weighted by Crippen LogP contribution is -2.49. The van der Waals surface area contributed by atoms with Gasteiger partial charge in [-0.05, 0) is 26.7 Å². The molecule has 0 amide bonds. The Morgan fingerprint density at radius 3 is 2.93 bits per heavy atom. The number of allylic oxidation sites excluding steroid dienone is 1. The summed E-state index contributed by atoms with van der Waals surface area (Å²) in [5.41, 5.74) is -0.311. The standard InChI is InChI=1S/C11H18O3/c1-4-5-7-11-8-6-9(12-11)10(2,3)13-14-11/h4,9H,1,5-8H2,2-3H3/t9-,11+/m0/s1. The Bertz CT molecular complexity index is 237. The molecule has 0 aromatic carbocycles. The van der Waals surface area contributed by atoms with Crippen LogP contribution in [0.3, 0.4) is 0 Å². The molecule has 0 radical (unpaired) electrons. The zero-order chi connectivity index (χ0) is 10.2. The molecule has 0 spiro atoms. The second-order valence-corrected chi connectivity index (χ2v) is 4.65. The third-order valence-electron chi connectivity index (χ3n) is 3.06. The Labute approximate surface area is 85.0 Å². The zero-order valence-corrected chi connectivity index (χ0v) is 8.91. The van der Waals surface area contributed by atoms with E-state index in [1.807, 2.05) is 19.9 Å². The number of hydrogen-bond donors (Lipinski definition) is 0. The van der Waals surface area contributed by atoms with Crippen LogP contribution in [0.15, 0.2) is 12.7 Å². The Hall–Kier alpha value is -0.380. The van der Waals surface area contributed by atoms with Crippen LogP contribution in [0.2, 0.25) is 0 Å². The van der Waals surface area contributed by atoms with Crippen LogP contribution in [0.1, 0.15) is 39.5 Å². The van der Waals surface area contributed by atoms with Crippen molar-refractivity contribution in [2.75, 3.05) is 0 Å². The van der Waals surface area contributed by atoms with Gasteiger partial charge in [-0.15, -0.1) is 6.58 Å². The van der Waals surface area contributed by atoms with Gasteiger partial charge < -0.3 is 4.74 Å². The first kappa shape index (κ1) is 10.1. The van der Waals surface area contributed by atoms with Gasteiger partial charge in [0.05, 0.1) is 6.10 Å². The highest BCUT2D eigenvalue weighted by Gasteiger charge is 2.53. The second-order valence-electron chi connectivity index (χ2n) is 4.65. The minimum atomic E-state index is -0.492. The van der Waals surface area contributed by atoms with E-state index in [4.69, 9.17) is 14.5 Å². The van der Waals surface area contributed by atoms with E-state index < -0.39 is 5.79 Å². The van der Waals surface area contributed by atoms with Crippen LogP contribution in [-0.2, 0) is 14.5 Å². The zero-order valence-electron chi connectivity index (χ0n) is 8.91. The molecule has 0 aliphatic carbocycles. The van der Waals surface area contributed by atoms with Crippen molar-refractivity contribution in [1.82, 2.24) is 0 Å². The highest BCUT2D eigenvalue weighted by molar-refractivity contribution is 4.93. The maximum absolute atomic E-state index is 5.91. The van der Waals surface area contributed by atoms with Crippen molar-refractivity contribution >= 4 is 0 Å². The SMILES string of the molecule is C=CCC[C@@]12CC[C@H](O1)C(C)(C)OO2. The molecular formula is C11H18O3. The summed E-state index contributed by atoms with van der Waals surface area (Å²) in [7, 11) is 0. The van der Waals surface area contributed by atoms with Crippen LogP contribution >= 0.6 is 0 Å². The van der Waals surface area contributed by atoms with Crippen LogP contribution < -0.4 is 0 Å². The van der Waals surface area contributed by atoms with E-state index in [1.54, 1.807) is 0 Å². The third-order valence-corrected chi connectivity index (χ3v) is 3.06. The molecule has 2 bridgehead atoms. The molecule has 3 heteroatoms. The lowest BCUT2D eigenvalue weighted by atomic mass is 9.99. The van der Waals surface area contributed by atoms with E-state index in [-0.39, 0.29) is 11.7 Å². The number of ether oxygens (including phenoxy) is 1. The summed E-state index contributed by atoms with van der Waals surface area (Å²) in [4.78, 5) is 10.8. The maximum atomic E-state index is 5.91. The molecule has 2 rings (SSSR count). The Kier molecular flexibility index (Phi) is 2.41. The molecule has 2 aliphatic heterocycles. The molecule has 0 saturated carbocycles. The van der Waals surface area contributed by atoms with E-state index in [0.717, 1.165) is 25.7 Å². The highest BCUT2D eigenvalue weighted by Crippen LogP contribution is 2.45.